The second-order valence-electron chi connectivity index (χ2n) is 10.9. The van der Waals surface area contributed by atoms with Gasteiger partial charge in [-0.1, -0.05) is 66.2 Å². The molecular weight excluding hydrogens is 598 g/mol. The molecule has 1 aliphatic heterocycles. The highest BCUT2D eigenvalue weighted by Crippen LogP contribution is 2.40. The number of aliphatic hydroxyl groups excluding tert-OH is 1. The Hall–Kier alpha value is -2.90. The lowest BCUT2D eigenvalue weighted by atomic mass is 9.97. The van der Waals surface area contributed by atoms with Crippen LogP contribution in [-0.4, -0.2) is 68.8 Å². The summed E-state index contributed by atoms with van der Waals surface area (Å²) in [6.45, 7) is 7.49. The maximum atomic E-state index is 13.9. The molecule has 1 aromatic heterocycles. The van der Waals surface area contributed by atoms with Gasteiger partial charge in [-0.3, -0.25) is 14.3 Å². The fraction of sp³-hybridized carbons (Fsp3) is 0.414. The van der Waals surface area contributed by atoms with E-state index in [0.717, 1.165) is 11.1 Å². The molecule has 2 amide bonds. The zero-order valence-corrected chi connectivity index (χ0v) is 26.6. The van der Waals surface area contributed by atoms with Gasteiger partial charge in [-0.05, 0) is 50.8 Å². The molecule has 0 saturated carbocycles. The summed E-state index contributed by atoms with van der Waals surface area (Å²) in [5.74, 6) is -0.947. The number of nitrogens with one attached hydrogen (secondary N) is 2. The van der Waals surface area contributed by atoms with Gasteiger partial charge in [0, 0.05) is 18.3 Å². The molecule has 2 heterocycles. The summed E-state index contributed by atoms with van der Waals surface area (Å²) in [6, 6.07) is 14.5. The van der Waals surface area contributed by atoms with Crippen molar-refractivity contribution in [3.05, 3.63) is 82.1 Å². The first kappa shape index (κ1) is 32.0. The number of nitrogens with zero attached hydrogens (tertiary/aromatic N) is 3. The molecule has 13 heteroatoms. The van der Waals surface area contributed by atoms with Gasteiger partial charge in [-0.2, -0.15) is 5.10 Å². The summed E-state index contributed by atoms with van der Waals surface area (Å²) in [5.41, 5.74) is 2.86. The maximum absolute atomic E-state index is 13.9. The van der Waals surface area contributed by atoms with Gasteiger partial charge in [0.2, 0.25) is 15.9 Å². The maximum Gasteiger partial charge on any atom is 0.254 e. The molecule has 3 aromatic rings. The van der Waals surface area contributed by atoms with Crippen molar-refractivity contribution >= 4 is 45.2 Å². The largest absolute Gasteiger partial charge is 0.382 e. The van der Waals surface area contributed by atoms with Crippen molar-refractivity contribution in [3.8, 4) is 0 Å². The SMILES string of the molecule is Cc1ccccc1CNC(=O)[C@H]1N(C(=O)[C@@H](O)[C@H](Cc2ccccc2)NS(=O)(=O)c2c(C)nn(C)c2Cl)CSC1(C)C. The zero-order valence-electron chi connectivity index (χ0n) is 24.2. The third-order valence-corrected chi connectivity index (χ3v) is 11.0. The summed E-state index contributed by atoms with van der Waals surface area (Å²) in [4.78, 5) is 28.5. The standard InChI is InChI=1S/C29H36ClN5O5S2/c1-18-11-9-10-14-21(18)16-31-27(37)25-29(3,4)41-17-35(25)28(38)23(36)22(15-20-12-7-6-8-13-20)33-42(39,40)24-19(2)32-34(5)26(24)30/h6-14,22-23,25,33,36H,15-17H2,1-5H3,(H,31,37)/t22-,23-,25+/m0/s1. The molecule has 3 N–H and O–H groups in total. The van der Waals surface area contributed by atoms with E-state index in [4.69, 9.17) is 11.6 Å². The van der Waals surface area contributed by atoms with Crippen molar-refractivity contribution in [3.63, 3.8) is 0 Å². The highest BCUT2D eigenvalue weighted by molar-refractivity contribution is 8.00. The van der Waals surface area contributed by atoms with Crippen LogP contribution in [0.4, 0.5) is 0 Å². The van der Waals surface area contributed by atoms with Crippen LogP contribution in [0.25, 0.3) is 0 Å². The van der Waals surface area contributed by atoms with Crippen LogP contribution in [0.1, 0.15) is 36.2 Å². The Labute approximate surface area is 255 Å². The molecule has 0 bridgehead atoms. The topological polar surface area (TPSA) is 134 Å². The number of benzene rings is 2. The van der Waals surface area contributed by atoms with Gasteiger partial charge in [0.15, 0.2) is 0 Å². The van der Waals surface area contributed by atoms with E-state index in [-0.39, 0.29) is 40.5 Å². The van der Waals surface area contributed by atoms with Crippen molar-refractivity contribution in [1.29, 1.82) is 0 Å². The van der Waals surface area contributed by atoms with Gasteiger partial charge >= 0.3 is 0 Å². The number of thioether (sulfide) groups is 1. The molecule has 1 fully saturated rings. The Morgan fingerprint density at radius 1 is 1.14 bits per heavy atom. The van der Waals surface area contributed by atoms with Gasteiger partial charge in [0.05, 0.1) is 17.6 Å². The molecule has 0 aliphatic carbocycles. The van der Waals surface area contributed by atoms with E-state index in [9.17, 15) is 23.1 Å². The molecule has 0 unspecified atom stereocenters. The second-order valence-corrected chi connectivity index (χ2v) is 14.5. The summed E-state index contributed by atoms with van der Waals surface area (Å²) in [5, 5.41) is 18.4. The fourth-order valence-corrected chi connectivity index (χ4v) is 8.23. The van der Waals surface area contributed by atoms with Crippen LogP contribution in [0.5, 0.6) is 0 Å². The second kappa shape index (κ2) is 12.8. The molecule has 4 rings (SSSR count). The van der Waals surface area contributed by atoms with Crippen LogP contribution >= 0.6 is 23.4 Å². The highest BCUT2D eigenvalue weighted by atomic mass is 35.5. The lowest BCUT2D eigenvalue weighted by Gasteiger charge is -2.33. The predicted molar refractivity (Wildman–Crippen MR) is 163 cm³/mol. The first-order valence-electron chi connectivity index (χ1n) is 13.4. The van der Waals surface area contributed by atoms with Crippen LogP contribution in [0.3, 0.4) is 0 Å². The third-order valence-electron chi connectivity index (χ3n) is 7.40. The minimum absolute atomic E-state index is 0.0123. The predicted octanol–water partition coefficient (Wildman–Crippen LogP) is 2.94. The zero-order chi connectivity index (χ0) is 30.8. The average molecular weight is 634 g/mol. The first-order chi connectivity index (χ1) is 19.7. The highest BCUT2D eigenvalue weighted by Gasteiger charge is 2.50. The average Bonchev–Trinajstić information content (AvgIpc) is 3.40. The van der Waals surface area contributed by atoms with E-state index >= 15 is 0 Å². The normalized spacial score (nSPS) is 18.1. The Bertz CT molecular complexity index is 1560. The number of carbonyl (C=O) groups is 2. The van der Waals surface area contributed by atoms with Crippen molar-refractivity contribution in [2.24, 2.45) is 7.05 Å². The third kappa shape index (κ3) is 6.84. The van der Waals surface area contributed by atoms with Crippen molar-refractivity contribution in [1.82, 2.24) is 24.7 Å². The van der Waals surface area contributed by atoms with E-state index in [1.54, 1.807) is 24.3 Å². The molecular formula is C29H36ClN5O5S2. The quantitative estimate of drug-likeness (QED) is 0.313. The number of carbonyl (C=O) groups excluding carboxylic acids is 2. The Balaban J connectivity index is 1.60. The van der Waals surface area contributed by atoms with Gasteiger partial charge < -0.3 is 15.3 Å². The lowest BCUT2D eigenvalue weighted by Crippen LogP contribution is -2.58. The van der Waals surface area contributed by atoms with Gasteiger partial charge in [-0.25, -0.2) is 13.1 Å². The van der Waals surface area contributed by atoms with Crippen LogP contribution in [0, 0.1) is 13.8 Å². The number of sulfonamides is 1. The van der Waals surface area contributed by atoms with Crippen LogP contribution in [-0.2, 0) is 39.6 Å². The Morgan fingerprint density at radius 2 is 1.79 bits per heavy atom. The minimum atomic E-state index is -4.30. The monoisotopic (exact) mass is 633 g/mol. The van der Waals surface area contributed by atoms with Gasteiger partial charge in [0.1, 0.15) is 22.2 Å². The molecule has 42 heavy (non-hydrogen) atoms. The number of aliphatic hydroxyl groups is 1. The van der Waals surface area contributed by atoms with Crippen LogP contribution in [0.15, 0.2) is 59.5 Å². The fourth-order valence-electron chi connectivity index (χ4n) is 5.10. The molecule has 2 aromatic carbocycles. The molecule has 3 atom stereocenters. The molecule has 1 saturated heterocycles. The number of hydrogen-bond acceptors (Lipinski definition) is 7. The number of rotatable bonds is 10. The van der Waals surface area contributed by atoms with Gasteiger partial charge in [-0.15, -0.1) is 11.8 Å². The molecule has 0 radical (unpaired) electrons. The first-order valence-corrected chi connectivity index (χ1v) is 16.3. The smallest absolute Gasteiger partial charge is 0.254 e. The van der Waals surface area contributed by atoms with Crippen molar-refractivity contribution in [2.45, 2.75) is 68.5 Å². The lowest BCUT2D eigenvalue weighted by molar-refractivity contribution is -0.147. The minimum Gasteiger partial charge on any atom is -0.382 e. The van der Waals surface area contributed by atoms with Gasteiger partial charge in [0.25, 0.3) is 5.91 Å². The summed E-state index contributed by atoms with van der Waals surface area (Å²) < 4.78 is 30.1. The van der Waals surface area contributed by atoms with Crippen LogP contribution in [0.2, 0.25) is 5.15 Å². The molecule has 1 aliphatic rings. The van der Waals surface area contributed by atoms with E-state index in [2.05, 4.69) is 15.1 Å². The number of aryl methyl sites for hydroxylation is 3. The molecule has 10 nitrogen and oxygen atoms in total. The summed E-state index contributed by atoms with van der Waals surface area (Å²) >= 11 is 7.67. The van der Waals surface area contributed by atoms with E-state index < -0.39 is 38.9 Å². The number of halogens is 1. The van der Waals surface area contributed by atoms with Crippen molar-refractivity contribution in [2.75, 3.05) is 5.88 Å². The summed E-state index contributed by atoms with van der Waals surface area (Å²) in [6.07, 6.45) is -1.78. The van der Waals surface area contributed by atoms with E-state index in [1.165, 1.54) is 35.3 Å². The number of hydrogen-bond donors (Lipinski definition) is 3. The van der Waals surface area contributed by atoms with Crippen molar-refractivity contribution < 1.29 is 23.1 Å². The Kier molecular flexibility index (Phi) is 9.73. The van der Waals surface area contributed by atoms with E-state index in [0.29, 0.717) is 5.56 Å². The molecule has 226 valence electrons. The summed E-state index contributed by atoms with van der Waals surface area (Å²) in [7, 11) is -2.78. The number of aromatic nitrogens is 2. The van der Waals surface area contributed by atoms with E-state index in [1.807, 2.05) is 51.1 Å². The Morgan fingerprint density at radius 3 is 2.40 bits per heavy atom. The molecule has 0 spiro atoms. The number of amides is 2. The van der Waals surface area contributed by atoms with Crippen LogP contribution < -0.4 is 10.0 Å².